The molecule has 1 aromatic heterocycles. The van der Waals surface area contributed by atoms with E-state index < -0.39 is 10.8 Å². The summed E-state index contributed by atoms with van der Waals surface area (Å²) in [5.41, 5.74) is 7.71. The second-order valence-electron chi connectivity index (χ2n) is 5.94. The van der Waals surface area contributed by atoms with Crippen LogP contribution in [-0.2, 0) is 7.05 Å². The zero-order valence-corrected chi connectivity index (χ0v) is 14.5. The van der Waals surface area contributed by atoms with E-state index in [1.165, 1.54) is 18.2 Å². The molecule has 0 aliphatic rings. The van der Waals surface area contributed by atoms with Gasteiger partial charge in [-0.1, -0.05) is 0 Å². The van der Waals surface area contributed by atoms with Crippen LogP contribution in [0.4, 0.5) is 28.4 Å². The van der Waals surface area contributed by atoms with E-state index in [4.69, 9.17) is 5.73 Å². The van der Waals surface area contributed by atoms with E-state index in [0.29, 0.717) is 5.69 Å². The minimum atomic E-state index is -0.627. The molecule has 0 aliphatic carbocycles. The quantitative estimate of drug-likeness (QED) is 0.279. The van der Waals surface area contributed by atoms with Gasteiger partial charge in [0.1, 0.15) is 12.6 Å². The van der Waals surface area contributed by atoms with Crippen LogP contribution < -0.4 is 20.9 Å². The number of hydrogen-bond acceptors (Lipinski definition) is 5. The number of nitro benzene ring substituents is 1. The van der Waals surface area contributed by atoms with E-state index in [1.54, 1.807) is 24.3 Å². The number of aromatic nitrogens is 1. The molecule has 4 N–H and O–H groups in total. The lowest BCUT2D eigenvalue weighted by atomic mass is 10.1. The maximum atomic E-state index is 12.4. The van der Waals surface area contributed by atoms with E-state index >= 15 is 0 Å². The number of aryl methyl sites for hydroxylation is 1. The third-order valence-electron chi connectivity index (χ3n) is 3.87. The van der Waals surface area contributed by atoms with Crippen molar-refractivity contribution in [1.82, 2.24) is 0 Å². The average Bonchev–Trinajstić information content (AvgIpc) is 2.65. The Hall–Kier alpha value is -3.94. The highest BCUT2D eigenvalue weighted by atomic mass is 16.6. The zero-order chi connectivity index (χ0) is 19.4. The summed E-state index contributed by atoms with van der Waals surface area (Å²) in [4.78, 5) is 22.9. The molecule has 136 valence electrons. The van der Waals surface area contributed by atoms with Crippen molar-refractivity contribution in [2.24, 2.45) is 7.05 Å². The number of hydrogen-bond donors (Lipinski definition) is 3. The van der Waals surface area contributed by atoms with Crippen LogP contribution in [0.3, 0.4) is 0 Å². The minimum absolute atomic E-state index is 0.0476. The van der Waals surface area contributed by atoms with Gasteiger partial charge in [0, 0.05) is 35.3 Å². The van der Waals surface area contributed by atoms with Gasteiger partial charge in [0.15, 0.2) is 12.4 Å². The van der Waals surface area contributed by atoms with Crippen LogP contribution in [0.15, 0.2) is 67.0 Å². The van der Waals surface area contributed by atoms with Crippen molar-refractivity contribution in [3.63, 3.8) is 0 Å². The van der Waals surface area contributed by atoms with Crippen LogP contribution in [0, 0.1) is 10.1 Å². The fourth-order valence-electron chi connectivity index (χ4n) is 2.48. The molecule has 8 heteroatoms. The van der Waals surface area contributed by atoms with Crippen LogP contribution >= 0.6 is 0 Å². The molecule has 0 atom stereocenters. The number of nitrogens with zero attached hydrogens (tertiary/aromatic N) is 2. The summed E-state index contributed by atoms with van der Waals surface area (Å²) < 4.78 is 1.93. The predicted octanol–water partition coefficient (Wildman–Crippen LogP) is 3.00. The standard InChI is InChI=1S/C19H17N5O3/c1-23-10-8-16(9-11-23)21-14-3-5-15(6-4-14)22-19(25)17-7-2-13(20)12-18(17)24(26)27/h2-12H,1H3,(H3,20,22,25)/p+1. The lowest BCUT2D eigenvalue weighted by Gasteiger charge is -2.09. The van der Waals surface area contributed by atoms with Crippen molar-refractivity contribution in [1.29, 1.82) is 0 Å². The van der Waals surface area contributed by atoms with E-state index in [2.05, 4.69) is 10.6 Å². The highest BCUT2D eigenvalue weighted by Gasteiger charge is 2.20. The second kappa shape index (κ2) is 7.52. The van der Waals surface area contributed by atoms with Crippen LogP contribution in [0.25, 0.3) is 0 Å². The summed E-state index contributed by atoms with van der Waals surface area (Å²) in [5, 5.41) is 17.0. The Morgan fingerprint density at radius 1 is 1.00 bits per heavy atom. The molecule has 1 amide bonds. The molecular weight excluding hydrogens is 346 g/mol. The van der Waals surface area contributed by atoms with Crippen molar-refractivity contribution in [3.05, 3.63) is 82.7 Å². The number of benzene rings is 2. The molecule has 3 aromatic rings. The maximum Gasteiger partial charge on any atom is 0.284 e. The molecule has 8 nitrogen and oxygen atoms in total. The van der Waals surface area contributed by atoms with Crippen LogP contribution in [-0.4, -0.2) is 10.8 Å². The summed E-state index contributed by atoms with van der Waals surface area (Å²) in [5.74, 6) is -0.571. The van der Waals surface area contributed by atoms with E-state index in [1.807, 2.05) is 36.1 Å². The highest BCUT2D eigenvalue weighted by Crippen LogP contribution is 2.24. The van der Waals surface area contributed by atoms with Crippen LogP contribution in [0.5, 0.6) is 0 Å². The van der Waals surface area contributed by atoms with Gasteiger partial charge in [0.2, 0.25) is 0 Å². The molecule has 0 radical (unpaired) electrons. The average molecular weight is 364 g/mol. The first-order chi connectivity index (χ1) is 12.9. The molecule has 27 heavy (non-hydrogen) atoms. The van der Waals surface area contributed by atoms with Gasteiger partial charge in [-0.2, -0.15) is 0 Å². The molecule has 3 rings (SSSR count). The van der Waals surface area contributed by atoms with Crippen molar-refractivity contribution in [2.45, 2.75) is 0 Å². The molecule has 2 aromatic carbocycles. The number of rotatable bonds is 5. The molecule has 0 aliphatic heterocycles. The molecule has 1 heterocycles. The van der Waals surface area contributed by atoms with Crippen molar-refractivity contribution < 1.29 is 14.3 Å². The van der Waals surface area contributed by atoms with Crippen LogP contribution in [0.2, 0.25) is 0 Å². The second-order valence-corrected chi connectivity index (χ2v) is 5.94. The monoisotopic (exact) mass is 364 g/mol. The Balaban J connectivity index is 1.72. The first kappa shape index (κ1) is 17.9. The summed E-state index contributed by atoms with van der Waals surface area (Å²) in [7, 11) is 1.94. The Bertz CT molecular complexity index is 985. The van der Waals surface area contributed by atoms with Crippen molar-refractivity contribution in [2.75, 3.05) is 16.4 Å². The van der Waals surface area contributed by atoms with Gasteiger partial charge in [-0.15, -0.1) is 0 Å². The Morgan fingerprint density at radius 3 is 2.22 bits per heavy atom. The number of nitrogens with two attached hydrogens (primary N) is 1. The van der Waals surface area contributed by atoms with Gasteiger partial charge in [0.05, 0.1) is 10.6 Å². The normalized spacial score (nSPS) is 10.3. The van der Waals surface area contributed by atoms with Gasteiger partial charge in [0.25, 0.3) is 11.6 Å². The van der Waals surface area contributed by atoms with E-state index in [0.717, 1.165) is 11.4 Å². The number of carbonyl (C=O) groups is 1. The van der Waals surface area contributed by atoms with E-state index in [9.17, 15) is 14.9 Å². The largest absolute Gasteiger partial charge is 0.399 e. The lowest BCUT2D eigenvalue weighted by molar-refractivity contribution is -0.671. The molecule has 0 spiro atoms. The fourth-order valence-corrected chi connectivity index (χ4v) is 2.48. The Kier molecular flexibility index (Phi) is 4.98. The van der Waals surface area contributed by atoms with Crippen molar-refractivity contribution in [3.8, 4) is 0 Å². The Labute approximate surface area is 155 Å². The number of anilines is 4. The lowest BCUT2D eigenvalue weighted by Crippen LogP contribution is -2.25. The third-order valence-corrected chi connectivity index (χ3v) is 3.87. The molecular formula is C19H18N5O3+. The summed E-state index contributed by atoms with van der Waals surface area (Å²) in [6, 6.07) is 14.9. The summed E-state index contributed by atoms with van der Waals surface area (Å²) >= 11 is 0. The smallest absolute Gasteiger partial charge is 0.284 e. The summed E-state index contributed by atoms with van der Waals surface area (Å²) in [6.45, 7) is 0. The SMILES string of the molecule is C[n+]1ccc(Nc2ccc(NC(=O)c3ccc(N)cc3[N+](=O)[O-])cc2)cc1. The molecule has 0 unspecified atom stereocenters. The molecule has 0 fully saturated rings. The van der Waals surface area contributed by atoms with E-state index in [-0.39, 0.29) is 16.9 Å². The Morgan fingerprint density at radius 2 is 1.59 bits per heavy atom. The fraction of sp³-hybridized carbons (Fsp3) is 0.0526. The molecule has 0 bridgehead atoms. The number of nitrogen functional groups attached to an aromatic ring is 1. The third kappa shape index (κ3) is 4.37. The first-order valence-corrected chi connectivity index (χ1v) is 8.10. The minimum Gasteiger partial charge on any atom is -0.399 e. The number of nitrogens with one attached hydrogen (secondary N) is 2. The van der Waals surface area contributed by atoms with Gasteiger partial charge in [-0.3, -0.25) is 14.9 Å². The topological polar surface area (TPSA) is 114 Å². The number of amides is 1. The molecule has 0 saturated carbocycles. The maximum absolute atomic E-state index is 12.4. The first-order valence-electron chi connectivity index (χ1n) is 8.10. The van der Waals surface area contributed by atoms with Gasteiger partial charge >= 0.3 is 0 Å². The van der Waals surface area contributed by atoms with Crippen LogP contribution in [0.1, 0.15) is 10.4 Å². The van der Waals surface area contributed by atoms with Crippen molar-refractivity contribution >= 4 is 34.3 Å². The molecule has 0 saturated heterocycles. The number of nitro groups is 1. The van der Waals surface area contributed by atoms with Gasteiger partial charge in [-0.25, -0.2) is 4.57 Å². The number of carbonyl (C=O) groups excluding carboxylic acids is 1. The number of pyridine rings is 1. The zero-order valence-electron chi connectivity index (χ0n) is 14.5. The predicted molar refractivity (Wildman–Crippen MR) is 103 cm³/mol. The summed E-state index contributed by atoms with van der Waals surface area (Å²) in [6.07, 6.45) is 3.85. The van der Waals surface area contributed by atoms with Gasteiger partial charge in [-0.05, 0) is 36.4 Å². The highest BCUT2D eigenvalue weighted by molar-refractivity contribution is 6.07. The van der Waals surface area contributed by atoms with Gasteiger partial charge < -0.3 is 16.4 Å².